The molecule has 0 bridgehead atoms. The Hall–Kier alpha value is -1.60. The first kappa shape index (κ1) is 17.2. The van der Waals surface area contributed by atoms with Crippen LogP contribution in [0.25, 0.3) is 0 Å². The molecule has 0 aromatic heterocycles. The highest BCUT2D eigenvalue weighted by atomic mass is 32.2. The van der Waals surface area contributed by atoms with Crippen molar-refractivity contribution in [2.24, 2.45) is 5.92 Å². The van der Waals surface area contributed by atoms with Crippen molar-refractivity contribution in [2.75, 3.05) is 31.1 Å². The van der Waals surface area contributed by atoms with Crippen molar-refractivity contribution in [3.05, 3.63) is 29.8 Å². The van der Waals surface area contributed by atoms with E-state index in [1.165, 1.54) is 12.1 Å². The average molecular weight is 352 g/mol. The topological polar surface area (TPSA) is 77.9 Å². The van der Waals surface area contributed by atoms with Crippen LogP contribution < -0.4 is 0 Å². The molecule has 24 heavy (non-hydrogen) atoms. The predicted octanol–water partition coefficient (Wildman–Crippen LogP) is 0.972. The largest absolute Gasteiger partial charge is 0.508 e. The molecule has 2 heterocycles. The Labute approximate surface area is 143 Å². The summed E-state index contributed by atoms with van der Waals surface area (Å²) in [5, 5.41) is 9.38. The number of hydrogen-bond donors (Lipinski definition) is 1. The van der Waals surface area contributed by atoms with Gasteiger partial charge in [0.1, 0.15) is 5.75 Å². The number of phenols is 1. The molecule has 0 aliphatic carbocycles. The number of carbonyl (C=O) groups is 1. The number of aromatic hydroxyl groups is 1. The molecule has 2 aliphatic rings. The highest BCUT2D eigenvalue weighted by Crippen LogP contribution is 2.29. The summed E-state index contributed by atoms with van der Waals surface area (Å²) in [5.41, 5.74) is 0.480. The van der Waals surface area contributed by atoms with Gasteiger partial charge in [-0.1, -0.05) is 13.8 Å². The van der Waals surface area contributed by atoms with E-state index >= 15 is 0 Å². The lowest BCUT2D eigenvalue weighted by molar-refractivity contribution is 0.0297. The van der Waals surface area contributed by atoms with Gasteiger partial charge in [-0.05, 0) is 30.2 Å². The summed E-state index contributed by atoms with van der Waals surface area (Å²) in [6, 6.07) is 5.71. The minimum atomic E-state index is -3.13. The molecule has 2 saturated heterocycles. The first-order valence-electron chi connectivity index (χ1n) is 8.31. The van der Waals surface area contributed by atoms with Gasteiger partial charge in [0.2, 0.25) is 0 Å². The number of carbonyl (C=O) groups excluding carboxylic acids is 1. The van der Waals surface area contributed by atoms with Gasteiger partial charge in [-0.25, -0.2) is 8.42 Å². The number of fused-ring (bicyclic) bond motifs is 1. The predicted molar refractivity (Wildman–Crippen MR) is 91.8 cm³/mol. The number of hydrogen-bond acceptors (Lipinski definition) is 5. The fraction of sp³-hybridized carbons (Fsp3) is 0.588. The summed E-state index contributed by atoms with van der Waals surface area (Å²) >= 11 is 0. The molecule has 2 aliphatic heterocycles. The number of phenolic OH excluding ortho intramolecular Hbond substituents is 1. The van der Waals surface area contributed by atoms with Crippen molar-refractivity contribution in [1.29, 1.82) is 0 Å². The lowest BCUT2D eigenvalue weighted by Crippen LogP contribution is -2.61. The monoisotopic (exact) mass is 352 g/mol. The molecule has 7 heteroatoms. The van der Waals surface area contributed by atoms with Gasteiger partial charge in [0.05, 0.1) is 17.5 Å². The summed E-state index contributed by atoms with van der Waals surface area (Å²) < 4.78 is 24.4. The number of piperazine rings is 1. The maximum absolute atomic E-state index is 12.8. The molecule has 2 atom stereocenters. The van der Waals surface area contributed by atoms with E-state index in [-0.39, 0.29) is 35.2 Å². The van der Waals surface area contributed by atoms with Gasteiger partial charge in [-0.2, -0.15) is 0 Å². The Morgan fingerprint density at radius 3 is 2.42 bits per heavy atom. The maximum Gasteiger partial charge on any atom is 0.254 e. The second-order valence-electron chi connectivity index (χ2n) is 7.15. The molecule has 132 valence electrons. The highest BCUT2D eigenvalue weighted by Gasteiger charge is 2.48. The van der Waals surface area contributed by atoms with Crippen molar-refractivity contribution in [3.8, 4) is 5.75 Å². The molecule has 1 aromatic rings. The van der Waals surface area contributed by atoms with Gasteiger partial charge in [0.15, 0.2) is 9.84 Å². The molecule has 1 aromatic carbocycles. The Morgan fingerprint density at radius 2 is 1.79 bits per heavy atom. The van der Waals surface area contributed by atoms with Crippen molar-refractivity contribution in [1.82, 2.24) is 9.80 Å². The standard InChI is InChI=1S/C17H24N2O4S/c1-12(2)9-18-7-8-19(16-11-24(22,23)10-15(16)18)17(21)13-3-5-14(20)6-4-13/h3-6,12,15-16,20H,7-11H2,1-2H3/t15-,16+/m0/s1. The molecule has 0 unspecified atom stereocenters. The SMILES string of the molecule is CC(C)CN1CCN(C(=O)c2ccc(O)cc2)[C@@H]2CS(=O)(=O)C[C@@H]21. The summed E-state index contributed by atoms with van der Waals surface area (Å²) in [5.74, 6) is 0.564. The molecule has 0 radical (unpaired) electrons. The van der Waals surface area contributed by atoms with Crippen LogP contribution in [0.3, 0.4) is 0 Å². The van der Waals surface area contributed by atoms with Crippen LogP contribution >= 0.6 is 0 Å². The minimum absolute atomic E-state index is 0.0378. The van der Waals surface area contributed by atoms with Crippen LogP contribution in [0.1, 0.15) is 24.2 Å². The van der Waals surface area contributed by atoms with E-state index in [1.54, 1.807) is 17.0 Å². The molecule has 1 N–H and O–H groups in total. The van der Waals surface area contributed by atoms with Gasteiger partial charge in [0, 0.05) is 31.2 Å². The van der Waals surface area contributed by atoms with Crippen LogP contribution in [0.15, 0.2) is 24.3 Å². The van der Waals surface area contributed by atoms with E-state index in [4.69, 9.17) is 0 Å². The lowest BCUT2D eigenvalue weighted by atomic mass is 10.0. The number of amides is 1. The normalized spacial score (nSPS) is 26.5. The van der Waals surface area contributed by atoms with Crippen molar-refractivity contribution in [3.63, 3.8) is 0 Å². The van der Waals surface area contributed by atoms with E-state index in [9.17, 15) is 18.3 Å². The highest BCUT2D eigenvalue weighted by molar-refractivity contribution is 7.91. The molecule has 6 nitrogen and oxygen atoms in total. The Balaban J connectivity index is 1.85. The third-order valence-corrected chi connectivity index (χ3v) is 6.46. The Kier molecular flexibility index (Phi) is 4.57. The summed E-state index contributed by atoms with van der Waals surface area (Å²) in [4.78, 5) is 16.8. The first-order chi connectivity index (χ1) is 11.3. The zero-order chi connectivity index (χ0) is 17.5. The van der Waals surface area contributed by atoms with Crippen molar-refractivity contribution < 1.29 is 18.3 Å². The quantitative estimate of drug-likeness (QED) is 0.877. The van der Waals surface area contributed by atoms with Gasteiger partial charge < -0.3 is 10.0 Å². The zero-order valence-corrected chi connectivity index (χ0v) is 14.9. The zero-order valence-electron chi connectivity index (χ0n) is 14.1. The smallest absolute Gasteiger partial charge is 0.254 e. The Morgan fingerprint density at radius 1 is 1.17 bits per heavy atom. The fourth-order valence-electron chi connectivity index (χ4n) is 3.74. The molecular formula is C17H24N2O4S. The van der Waals surface area contributed by atoms with E-state index in [1.807, 2.05) is 0 Å². The summed E-state index contributed by atoms with van der Waals surface area (Å²) in [6.45, 7) is 6.30. The van der Waals surface area contributed by atoms with Crippen molar-refractivity contribution in [2.45, 2.75) is 25.9 Å². The van der Waals surface area contributed by atoms with Gasteiger partial charge in [-0.15, -0.1) is 0 Å². The number of nitrogens with zero attached hydrogens (tertiary/aromatic N) is 2. The van der Waals surface area contributed by atoms with Gasteiger partial charge >= 0.3 is 0 Å². The molecule has 2 fully saturated rings. The van der Waals surface area contributed by atoms with E-state index in [2.05, 4.69) is 18.7 Å². The maximum atomic E-state index is 12.8. The number of benzene rings is 1. The third-order valence-electron chi connectivity index (χ3n) is 4.77. The van der Waals surface area contributed by atoms with Crippen LogP contribution in [0, 0.1) is 5.92 Å². The van der Waals surface area contributed by atoms with Crippen LogP contribution in [-0.2, 0) is 9.84 Å². The van der Waals surface area contributed by atoms with Crippen molar-refractivity contribution >= 4 is 15.7 Å². The van der Waals surface area contributed by atoms with Crippen LogP contribution in [0.2, 0.25) is 0 Å². The molecule has 0 spiro atoms. The summed E-state index contributed by atoms with van der Waals surface area (Å²) in [6.07, 6.45) is 0. The second kappa shape index (κ2) is 6.37. The first-order valence-corrected chi connectivity index (χ1v) is 10.1. The number of rotatable bonds is 3. The van der Waals surface area contributed by atoms with E-state index in [0.717, 1.165) is 6.54 Å². The number of sulfone groups is 1. The second-order valence-corrected chi connectivity index (χ2v) is 9.30. The summed E-state index contributed by atoms with van der Waals surface area (Å²) in [7, 11) is -3.13. The van der Waals surface area contributed by atoms with E-state index in [0.29, 0.717) is 24.6 Å². The molecule has 1 amide bonds. The van der Waals surface area contributed by atoms with Gasteiger partial charge in [0.25, 0.3) is 5.91 Å². The average Bonchev–Trinajstić information content (AvgIpc) is 2.83. The van der Waals surface area contributed by atoms with E-state index < -0.39 is 9.84 Å². The Bertz CT molecular complexity index is 715. The lowest BCUT2D eigenvalue weighted by Gasteiger charge is -2.44. The molecule has 3 rings (SSSR count). The molecular weight excluding hydrogens is 328 g/mol. The molecule has 0 saturated carbocycles. The van der Waals surface area contributed by atoms with Crippen LogP contribution in [0.5, 0.6) is 5.75 Å². The van der Waals surface area contributed by atoms with Crippen LogP contribution in [-0.4, -0.2) is 72.5 Å². The minimum Gasteiger partial charge on any atom is -0.508 e. The van der Waals surface area contributed by atoms with Crippen LogP contribution in [0.4, 0.5) is 0 Å². The van der Waals surface area contributed by atoms with Gasteiger partial charge in [-0.3, -0.25) is 9.69 Å². The fourth-order valence-corrected chi connectivity index (χ4v) is 5.75. The third kappa shape index (κ3) is 3.42.